The van der Waals surface area contributed by atoms with Gasteiger partial charge in [0.2, 0.25) is 0 Å². The van der Waals surface area contributed by atoms with Crippen molar-refractivity contribution in [3.63, 3.8) is 0 Å². The molecule has 0 unspecified atom stereocenters. The van der Waals surface area contributed by atoms with Crippen LogP contribution in [0.3, 0.4) is 0 Å². The van der Waals surface area contributed by atoms with Crippen molar-refractivity contribution in [2.75, 3.05) is 25.4 Å². The summed E-state index contributed by atoms with van der Waals surface area (Å²) < 4.78 is 30.6. The van der Waals surface area contributed by atoms with Crippen LogP contribution in [0.15, 0.2) is 53.4 Å². The highest BCUT2D eigenvalue weighted by molar-refractivity contribution is 7.91. The van der Waals surface area contributed by atoms with Gasteiger partial charge in [0, 0.05) is 17.6 Å². The van der Waals surface area contributed by atoms with Gasteiger partial charge >= 0.3 is 0 Å². The molecule has 6 heteroatoms. The summed E-state index contributed by atoms with van der Waals surface area (Å²) in [6.07, 6.45) is 2.13. The van der Waals surface area contributed by atoms with E-state index >= 15 is 0 Å². The molecule has 4 nitrogen and oxygen atoms in total. The summed E-state index contributed by atoms with van der Waals surface area (Å²) in [7, 11) is -3.30. The number of benzene rings is 2. The van der Waals surface area contributed by atoms with Gasteiger partial charge in [0.1, 0.15) is 5.75 Å². The average molecular weight is 394 g/mol. The lowest BCUT2D eigenvalue weighted by molar-refractivity contribution is 0.272. The molecule has 1 atom stereocenters. The molecule has 1 heterocycles. The fraction of sp³-hybridized carbons (Fsp3) is 0.400. The molecule has 2 aromatic carbocycles. The van der Waals surface area contributed by atoms with Crippen LogP contribution >= 0.6 is 11.6 Å². The summed E-state index contributed by atoms with van der Waals surface area (Å²) in [5.74, 6) is 0.980. The second kappa shape index (κ2) is 8.42. The SMILES string of the molecule is CCOc1ccc([C@H]2CCCN2CCS(=O)(=O)c2ccc(Cl)cc2)cc1. The van der Waals surface area contributed by atoms with Gasteiger partial charge in [0.15, 0.2) is 9.84 Å². The molecule has 0 spiro atoms. The zero-order valence-corrected chi connectivity index (χ0v) is 16.5. The monoisotopic (exact) mass is 393 g/mol. The minimum absolute atomic E-state index is 0.113. The molecular weight excluding hydrogens is 370 g/mol. The van der Waals surface area contributed by atoms with Crippen LogP contribution < -0.4 is 4.74 Å². The van der Waals surface area contributed by atoms with Crippen molar-refractivity contribution in [1.82, 2.24) is 4.90 Å². The molecule has 0 radical (unpaired) electrons. The third-order valence-corrected chi connectivity index (χ3v) is 6.72. The second-order valence-electron chi connectivity index (χ2n) is 6.47. The van der Waals surface area contributed by atoms with Gasteiger partial charge in [-0.05, 0) is 68.3 Å². The van der Waals surface area contributed by atoms with E-state index in [1.54, 1.807) is 24.3 Å². The lowest BCUT2D eigenvalue weighted by Gasteiger charge is -2.25. The van der Waals surface area contributed by atoms with Crippen molar-refractivity contribution >= 4 is 21.4 Å². The van der Waals surface area contributed by atoms with Crippen molar-refractivity contribution in [2.24, 2.45) is 0 Å². The van der Waals surface area contributed by atoms with Gasteiger partial charge in [-0.3, -0.25) is 4.90 Å². The van der Waals surface area contributed by atoms with E-state index in [1.165, 1.54) is 5.56 Å². The second-order valence-corrected chi connectivity index (χ2v) is 9.01. The predicted octanol–water partition coefficient (Wildman–Crippen LogP) is 4.35. The molecule has 0 saturated carbocycles. The van der Waals surface area contributed by atoms with Crippen LogP contribution in [0.4, 0.5) is 0 Å². The van der Waals surface area contributed by atoms with Gasteiger partial charge in [-0.25, -0.2) is 8.42 Å². The van der Waals surface area contributed by atoms with E-state index in [4.69, 9.17) is 16.3 Å². The van der Waals surface area contributed by atoms with Crippen molar-refractivity contribution in [2.45, 2.75) is 30.7 Å². The van der Waals surface area contributed by atoms with E-state index in [0.29, 0.717) is 23.1 Å². The van der Waals surface area contributed by atoms with Crippen molar-refractivity contribution in [3.8, 4) is 5.75 Å². The molecule has 1 aliphatic rings. The average Bonchev–Trinajstić information content (AvgIpc) is 3.10. The normalized spacial score (nSPS) is 18.2. The first-order chi connectivity index (χ1) is 12.5. The Bertz CT molecular complexity index is 819. The summed E-state index contributed by atoms with van der Waals surface area (Å²) >= 11 is 5.85. The van der Waals surface area contributed by atoms with Gasteiger partial charge in [-0.2, -0.15) is 0 Å². The van der Waals surface area contributed by atoms with Crippen LogP contribution in [0.5, 0.6) is 5.75 Å². The number of likely N-dealkylation sites (tertiary alicyclic amines) is 1. The van der Waals surface area contributed by atoms with E-state index in [1.807, 2.05) is 19.1 Å². The van der Waals surface area contributed by atoms with Gasteiger partial charge in [-0.15, -0.1) is 0 Å². The van der Waals surface area contributed by atoms with Crippen molar-refractivity contribution in [3.05, 3.63) is 59.1 Å². The van der Waals surface area contributed by atoms with Crippen molar-refractivity contribution < 1.29 is 13.2 Å². The molecule has 0 bridgehead atoms. The van der Waals surface area contributed by atoms with Crippen LogP contribution in [-0.4, -0.2) is 38.8 Å². The number of hydrogen-bond donors (Lipinski definition) is 0. The highest BCUT2D eigenvalue weighted by Gasteiger charge is 2.27. The van der Waals surface area contributed by atoms with Crippen LogP contribution in [0.25, 0.3) is 0 Å². The standard InChI is InChI=1S/C20H24ClNO3S/c1-2-25-18-9-5-16(6-10-18)20-4-3-13-22(20)14-15-26(23,24)19-11-7-17(21)8-12-19/h5-12,20H,2-4,13-15H2,1H3/t20-/m1/s1. The summed E-state index contributed by atoms with van der Waals surface area (Å²) in [4.78, 5) is 2.60. The summed E-state index contributed by atoms with van der Waals surface area (Å²) in [5.41, 5.74) is 1.22. The van der Waals surface area contributed by atoms with E-state index in [-0.39, 0.29) is 11.8 Å². The third kappa shape index (κ3) is 4.58. The Balaban J connectivity index is 1.66. The highest BCUT2D eigenvalue weighted by Crippen LogP contribution is 2.32. The van der Waals surface area contributed by atoms with Crippen LogP contribution in [0.1, 0.15) is 31.4 Å². The van der Waals surface area contributed by atoms with Gasteiger partial charge < -0.3 is 4.74 Å². The fourth-order valence-corrected chi connectivity index (χ4v) is 4.81. The molecule has 0 amide bonds. The highest BCUT2D eigenvalue weighted by atomic mass is 35.5. The largest absolute Gasteiger partial charge is 0.494 e. The first-order valence-corrected chi connectivity index (χ1v) is 11.0. The molecule has 26 heavy (non-hydrogen) atoms. The Morgan fingerprint density at radius 3 is 2.46 bits per heavy atom. The number of sulfone groups is 1. The molecule has 140 valence electrons. The van der Waals surface area contributed by atoms with E-state index in [2.05, 4.69) is 17.0 Å². The van der Waals surface area contributed by atoms with Gasteiger partial charge in [0.25, 0.3) is 0 Å². The van der Waals surface area contributed by atoms with E-state index in [9.17, 15) is 8.42 Å². The third-order valence-electron chi connectivity index (χ3n) is 4.76. The zero-order valence-electron chi connectivity index (χ0n) is 14.9. The number of rotatable bonds is 7. The summed E-state index contributed by atoms with van der Waals surface area (Å²) in [6, 6.07) is 14.8. The Morgan fingerprint density at radius 2 is 1.81 bits per heavy atom. The van der Waals surface area contributed by atoms with Gasteiger partial charge in [0.05, 0.1) is 17.3 Å². The molecule has 3 rings (SSSR count). The van der Waals surface area contributed by atoms with E-state index < -0.39 is 9.84 Å². The maximum atomic E-state index is 12.6. The molecule has 1 fully saturated rings. The lowest BCUT2D eigenvalue weighted by atomic mass is 10.0. The molecule has 0 aliphatic carbocycles. The van der Waals surface area contributed by atoms with Crippen LogP contribution in [0.2, 0.25) is 5.02 Å². The molecule has 2 aromatic rings. The molecule has 0 N–H and O–H groups in total. The number of nitrogens with zero attached hydrogens (tertiary/aromatic N) is 1. The Labute approximate surface area is 160 Å². The zero-order chi connectivity index (χ0) is 18.6. The van der Waals surface area contributed by atoms with Gasteiger partial charge in [-0.1, -0.05) is 23.7 Å². The molecule has 0 aromatic heterocycles. The predicted molar refractivity (Wildman–Crippen MR) is 105 cm³/mol. The minimum Gasteiger partial charge on any atom is -0.494 e. The fourth-order valence-electron chi connectivity index (χ4n) is 3.42. The smallest absolute Gasteiger partial charge is 0.179 e. The molecule has 1 aliphatic heterocycles. The molecular formula is C20H24ClNO3S. The maximum absolute atomic E-state index is 12.6. The minimum atomic E-state index is -3.30. The topological polar surface area (TPSA) is 46.6 Å². The van der Waals surface area contributed by atoms with Crippen LogP contribution in [0, 0.1) is 0 Å². The summed E-state index contributed by atoms with van der Waals surface area (Å²) in [6.45, 7) is 4.07. The van der Waals surface area contributed by atoms with Crippen LogP contribution in [-0.2, 0) is 9.84 Å². The lowest BCUT2D eigenvalue weighted by Crippen LogP contribution is -2.29. The Kier molecular flexibility index (Phi) is 6.22. The first-order valence-electron chi connectivity index (χ1n) is 8.95. The maximum Gasteiger partial charge on any atom is 0.179 e. The Morgan fingerprint density at radius 1 is 1.12 bits per heavy atom. The number of halogens is 1. The first kappa shape index (κ1) is 19.2. The quantitative estimate of drug-likeness (QED) is 0.701. The van der Waals surface area contributed by atoms with E-state index in [0.717, 1.165) is 25.1 Å². The number of ether oxygens (including phenoxy) is 1. The van der Waals surface area contributed by atoms with Crippen molar-refractivity contribution in [1.29, 1.82) is 0 Å². The molecule has 1 saturated heterocycles. The Hall–Kier alpha value is -1.56. The summed E-state index contributed by atoms with van der Waals surface area (Å²) in [5, 5.41) is 0.541. The number of hydrogen-bond acceptors (Lipinski definition) is 4.